The van der Waals surface area contributed by atoms with E-state index >= 15 is 0 Å². The van der Waals surface area contributed by atoms with Crippen LogP contribution >= 0.6 is 0 Å². The summed E-state index contributed by atoms with van der Waals surface area (Å²) >= 11 is 0. The van der Waals surface area contributed by atoms with Crippen molar-refractivity contribution in [2.45, 2.75) is 297 Å². The summed E-state index contributed by atoms with van der Waals surface area (Å²) in [5, 5.41) is 36.6. The van der Waals surface area contributed by atoms with Crippen LogP contribution in [0.1, 0.15) is 286 Å². The quantitative estimate of drug-likeness (QED) is 0.0195. The third kappa shape index (κ3) is 37.7. The average Bonchev–Trinajstić information content (AvgIpc) is 3.26. The number of esters is 2. The zero-order valence-electron chi connectivity index (χ0n) is 45.1. The minimum atomic E-state index is -1.66. The van der Waals surface area contributed by atoms with Crippen molar-refractivity contribution in [2.75, 3.05) is 0 Å². The molecule has 0 saturated heterocycles. The zero-order chi connectivity index (χ0) is 53.2. The highest BCUT2D eigenvalue weighted by Crippen LogP contribution is 2.38. The molecule has 0 unspecified atom stereocenters. The van der Waals surface area contributed by atoms with Crippen molar-refractivity contribution in [1.82, 2.24) is 0 Å². The molecule has 0 aliphatic carbocycles. The number of rotatable bonds is 44. The Morgan fingerprint density at radius 2 is 0.557 bits per heavy atom. The summed E-state index contributed by atoms with van der Waals surface area (Å²) in [4.78, 5) is 71.9. The van der Waals surface area contributed by atoms with Gasteiger partial charge < -0.3 is 29.9 Å². The molecule has 0 heterocycles. The van der Waals surface area contributed by atoms with Crippen molar-refractivity contribution in [2.24, 2.45) is 10.8 Å². The molecule has 0 aromatic rings. The molecule has 0 aromatic carbocycles. The van der Waals surface area contributed by atoms with Crippen LogP contribution in [-0.4, -0.2) is 67.4 Å². The van der Waals surface area contributed by atoms with E-state index in [1.54, 1.807) is 0 Å². The predicted molar refractivity (Wildman–Crippen MR) is 280 cm³/mol. The van der Waals surface area contributed by atoms with Crippen molar-refractivity contribution in [3.63, 3.8) is 0 Å². The first kappa shape index (κ1) is 68.0. The summed E-state index contributed by atoms with van der Waals surface area (Å²) in [6.45, 7) is 11.0. The van der Waals surface area contributed by atoms with Crippen LogP contribution in [-0.2, 0) is 38.2 Å². The smallest absolute Gasteiger partial charge is 0.324 e. The fourth-order valence-corrected chi connectivity index (χ4v) is 8.62. The molecule has 0 saturated carbocycles. The zero-order valence-corrected chi connectivity index (χ0v) is 45.1. The average molecular weight is 989 g/mol. The Balaban J connectivity index is 0. The van der Waals surface area contributed by atoms with Gasteiger partial charge in [-0.25, -0.2) is 0 Å². The van der Waals surface area contributed by atoms with Gasteiger partial charge >= 0.3 is 35.8 Å². The van der Waals surface area contributed by atoms with Crippen LogP contribution < -0.4 is 0 Å². The number of carboxylic acids is 4. The van der Waals surface area contributed by atoms with Crippen LogP contribution in [0.3, 0.4) is 0 Å². The van der Waals surface area contributed by atoms with Crippen LogP contribution in [0.2, 0.25) is 0 Å². The van der Waals surface area contributed by atoms with E-state index in [9.17, 15) is 39.0 Å². The van der Waals surface area contributed by atoms with E-state index in [0.717, 1.165) is 186 Å². The highest BCUT2D eigenvalue weighted by molar-refractivity contribution is 6.00. The van der Waals surface area contributed by atoms with Gasteiger partial charge in [0.1, 0.15) is 11.2 Å². The van der Waals surface area contributed by atoms with Crippen molar-refractivity contribution >= 4 is 35.8 Å². The molecule has 0 bridgehead atoms. The highest BCUT2D eigenvalue weighted by Gasteiger charge is 2.50. The monoisotopic (exact) mass is 989 g/mol. The van der Waals surface area contributed by atoms with E-state index in [0.29, 0.717) is 32.1 Å². The predicted octanol–water partition coefficient (Wildman–Crippen LogP) is 15.1. The van der Waals surface area contributed by atoms with E-state index in [1.165, 1.54) is 0 Å². The number of carboxylic acid groups (broad SMARTS) is 4. The molecular formula is C58H100O12. The highest BCUT2D eigenvalue weighted by atomic mass is 16.6. The molecule has 0 rings (SSSR count). The largest absolute Gasteiger partial charge is 0.481 e. The first-order chi connectivity index (χ1) is 33.1. The summed E-state index contributed by atoms with van der Waals surface area (Å²) in [6.07, 6.45) is 42.7. The fourth-order valence-electron chi connectivity index (χ4n) is 8.62. The number of carbonyl (C=O) groups excluding carboxylic acids is 2. The Morgan fingerprint density at radius 3 is 0.771 bits per heavy atom. The van der Waals surface area contributed by atoms with Crippen LogP contribution in [0.5, 0.6) is 0 Å². The lowest BCUT2D eigenvalue weighted by atomic mass is 9.77. The summed E-state index contributed by atoms with van der Waals surface area (Å²) in [5.41, 5.74) is -4.33. The first-order valence-electron chi connectivity index (χ1n) is 27.3. The van der Waals surface area contributed by atoms with Crippen molar-refractivity contribution < 1.29 is 58.7 Å². The van der Waals surface area contributed by atoms with E-state index in [1.807, 2.05) is 41.5 Å². The summed E-state index contributed by atoms with van der Waals surface area (Å²) in [6, 6.07) is 0. The number of unbranched alkanes of at least 4 members (excludes halogenated alkanes) is 28. The molecule has 12 nitrogen and oxygen atoms in total. The number of aliphatic carboxylic acids is 4. The van der Waals surface area contributed by atoms with Gasteiger partial charge in [0.2, 0.25) is 0 Å². The molecule has 12 heteroatoms. The topological polar surface area (TPSA) is 202 Å². The van der Waals surface area contributed by atoms with Crippen LogP contribution in [0, 0.1) is 35.5 Å². The number of terminal acetylenes is 2. The number of carbonyl (C=O) groups is 6. The molecule has 70 heavy (non-hydrogen) atoms. The second-order valence-electron chi connectivity index (χ2n) is 21.6. The number of hydrogen-bond donors (Lipinski definition) is 4. The minimum Gasteiger partial charge on any atom is -0.481 e. The van der Waals surface area contributed by atoms with Gasteiger partial charge in [0, 0.05) is 25.7 Å². The maximum Gasteiger partial charge on any atom is 0.324 e. The molecule has 4 N–H and O–H groups in total. The standard InChI is InChI=1S/C33H58O6.C25H42O6/c1-8-9-10-11-12-14-17-20-23-26-33(29(36)38-31(2,3)4,30(37)39-32(5,6)7)27-24-21-18-15-13-16-19-22-25-28(34)35;1-2-3-4-5-6-8-11-14-17-20-25(23(28)29,24(30)31)21-18-15-12-9-7-10-13-16-19-22(26)27/h1H,9-27H2,2-7H3,(H,34,35);1H,3-21H2,(H,26,27)(H,28,29)(H,30,31). The lowest BCUT2D eigenvalue weighted by molar-refractivity contribution is -0.187. The van der Waals surface area contributed by atoms with Crippen LogP contribution in [0.15, 0.2) is 0 Å². The van der Waals surface area contributed by atoms with Gasteiger partial charge in [0.15, 0.2) is 10.8 Å². The van der Waals surface area contributed by atoms with Gasteiger partial charge in [-0.2, -0.15) is 0 Å². The SMILES string of the molecule is C#CCCCCCCCCCC(CCCCCCCCCCC(=O)O)(C(=O)O)C(=O)O.C#CCCCCCCCCCC(CCCCCCCCCCC(=O)O)(C(=O)OC(C)(C)C)C(=O)OC(C)(C)C. The Morgan fingerprint density at radius 1 is 0.343 bits per heavy atom. The second-order valence-corrected chi connectivity index (χ2v) is 21.6. The minimum absolute atomic E-state index is 0.183. The van der Waals surface area contributed by atoms with Gasteiger partial charge in [0.25, 0.3) is 0 Å². The molecule has 0 amide bonds. The third-order valence-corrected chi connectivity index (χ3v) is 12.7. The van der Waals surface area contributed by atoms with Crippen molar-refractivity contribution in [3.05, 3.63) is 0 Å². The van der Waals surface area contributed by atoms with Gasteiger partial charge in [-0.3, -0.25) is 28.8 Å². The molecule has 0 aliphatic heterocycles. The van der Waals surface area contributed by atoms with E-state index in [-0.39, 0.29) is 25.7 Å². The van der Waals surface area contributed by atoms with Gasteiger partial charge in [-0.1, -0.05) is 167 Å². The van der Waals surface area contributed by atoms with Gasteiger partial charge in [0.05, 0.1) is 0 Å². The lowest BCUT2D eigenvalue weighted by Crippen LogP contribution is -2.46. The Labute approximate surface area is 425 Å². The van der Waals surface area contributed by atoms with E-state index in [2.05, 4.69) is 11.8 Å². The Kier molecular flexibility index (Phi) is 40.4. The van der Waals surface area contributed by atoms with E-state index in [4.69, 9.17) is 32.5 Å². The Hall–Kier alpha value is -4.06. The number of ether oxygens (including phenoxy) is 2. The third-order valence-electron chi connectivity index (χ3n) is 12.7. The van der Waals surface area contributed by atoms with Crippen molar-refractivity contribution in [3.8, 4) is 24.7 Å². The van der Waals surface area contributed by atoms with Gasteiger partial charge in [-0.05, 0) is 92.9 Å². The molecule has 0 radical (unpaired) electrons. The molecule has 0 aliphatic rings. The summed E-state index contributed by atoms with van der Waals surface area (Å²) in [7, 11) is 0. The van der Waals surface area contributed by atoms with Crippen LogP contribution in [0.25, 0.3) is 0 Å². The first-order valence-corrected chi connectivity index (χ1v) is 27.3. The molecule has 0 spiro atoms. The fraction of sp³-hybridized carbons (Fsp3) is 0.828. The van der Waals surface area contributed by atoms with Crippen molar-refractivity contribution in [1.29, 1.82) is 0 Å². The molecule has 0 fully saturated rings. The summed E-state index contributed by atoms with van der Waals surface area (Å²) < 4.78 is 11.6. The molecule has 404 valence electrons. The normalized spacial score (nSPS) is 11.7. The van der Waals surface area contributed by atoms with E-state index < -0.39 is 57.8 Å². The molecule has 0 aromatic heterocycles. The van der Waals surface area contributed by atoms with Crippen LogP contribution in [0.4, 0.5) is 0 Å². The van der Waals surface area contributed by atoms with Gasteiger partial charge in [-0.15, -0.1) is 24.7 Å². The molecule has 0 atom stereocenters. The lowest BCUT2D eigenvalue weighted by Gasteiger charge is -2.35. The Bertz CT molecular complexity index is 1460. The number of hydrogen-bond acceptors (Lipinski definition) is 8. The summed E-state index contributed by atoms with van der Waals surface area (Å²) in [5.74, 6) is 0.476. The maximum absolute atomic E-state index is 13.6. The second kappa shape index (κ2) is 41.5. The molecular weight excluding hydrogens is 889 g/mol. The maximum atomic E-state index is 13.6.